The number of hydrogen-bond acceptors (Lipinski definition) is 8. The van der Waals surface area contributed by atoms with Gasteiger partial charge in [0.1, 0.15) is 23.9 Å². The molecule has 0 unspecified atom stereocenters. The highest BCUT2D eigenvalue weighted by Gasteiger charge is 2.22. The number of hydrogen-bond donors (Lipinski definition) is 1. The smallest absolute Gasteiger partial charge is 0.273 e. The van der Waals surface area contributed by atoms with Crippen LogP contribution in [0.1, 0.15) is 34.9 Å². The van der Waals surface area contributed by atoms with E-state index >= 15 is 0 Å². The number of nitrogens with one attached hydrogen (secondary N) is 1. The van der Waals surface area contributed by atoms with E-state index in [1.807, 2.05) is 42.5 Å². The molecule has 2 aromatic heterocycles. The first-order chi connectivity index (χ1) is 16.6. The first kappa shape index (κ1) is 23.7. The van der Waals surface area contributed by atoms with Crippen LogP contribution in [0.4, 0.5) is 10.9 Å². The molecule has 0 saturated carbocycles. The quantitative estimate of drug-likeness (QED) is 0.464. The average Bonchev–Trinajstić information content (AvgIpc) is 3.33. The third kappa shape index (κ3) is 6.31. The van der Waals surface area contributed by atoms with Crippen LogP contribution in [-0.2, 0) is 0 Å². The molecular formula is C25H28N6O2S. The number of nitriles is 1. The molecule has 9 heteroatoms. The lowest BCUT2D eigenvalue weighted by Crippen LogP contribution is -2.33. The summed E-state index contributed by atoms with van der Waals surface area (Å²) in [5.74, 6) is 1.74. The van der Waals surface area contributed by atoms with Crippen molar-refractivity contribution in [2.75, 3.05) is 45.2 Å². The fraction of sp³-hybridized carbons (Fsp3) is 0.360. The van der Waals surface area contributed by atoms with Crippen LogP contribution in [0.5, 0.6) is 5.75 Å². The van der Waals surface area contributed by atoms with Crippen LogP contribution in [0.3, 0.4) is 0 Å². The Hall–Kier alpha value is -3.48. The minimum Gasteiger partial charge on any atom is -0.492 e. The number of nitrogens with zero attached hydrogens (tertiary/aromatic N) is 5. The van der Waals surface area contributed by atoms with Crippen molar-refractivity contribution in [3.8, 4) is 11.8 Å². The van der Waals surface area contributed by atoms with Crippen molar-refractivity contribution in [1.29, 1.82) is 5.26 Å². The molecule has 1 amide bonds. The van der Waals surface area contributed by atoms with Gasteiger partial charge in [0.25, 0.3) is 5.91 Å². The van der Waals surface area contributed by atoms with Gasteiger partial charge < -0.3 is 15.0 Å². The third-order valence-electron chi connectivity index (χ3n) is 5.81. The number of rotatable bonds is 9. The van der Waals surface area contributed by atoms with Crippen molar-refractivity contribution in [2.24, 2.45) is 0 Å². The normalized spacial score (nSPS) is 14.4. The summed E-state index contributed by atoms with van der Waals surface area (Å²) in [4.78, 5) is 25.8. The van der Waals surface area contributed by atoms with E-state index in [4.69, 9.17) is 15.0 Å². The van der Waals surface area contributed by atoms with Crippen LogP contribution in [0.2, 0.25) is 0 Å². The highest BCUT2D eigenvalue weighted by Crippen LogP contribution is 2.28. The van der Waals surface area contributed by atoms with Gasteiger partial charge >= 0.3 is 0 Å². The zero-order valence-corrected chi connectivity index (χ0v) is 20.0. The van der Waals surface area contributed by atoms with Crippen molar-refractivity contribution in [1.82, 2.24) is 19.8 Å². The number of likely N-dealkylation sites (tertiary alicyclic amines) is 1. The van der Waals surface area contributed by atoms with Gasteiger partial charge in [-0.25, -0.2) is 9.97 Å². The maximum Gasteiger partial charge on any atom is 0.273 e. The summed E-state index contributed by atoms with van der Waals surface area (Å²) in [6.45, 7) is 3.19. The minimum atomic E-state index is -0.146. The Morgan fingerprint density at radius 1 is 1.21 bits per heavy atom. The number of pyridine rings is 1. The molecule has 3 aromatic rings. The Morgan fingerprint density at radius 3 is 2.76 bits per heavy atom. The van der Waals surface area contributed by atoms with Gasteiger partial charge in [-0.1, -0.05) is 24.3 Å². The Morgan fingerprint density at radius 2 is 2.00 bits per heavy atom. The number of likely N-dealkylation sites (N-methyl/N-ethyl adjacent to an activating group) is 1. The van der Waals surface area contributed by atoms with Crippen LogP contribution in [0, 0.1) is 11.3 Å². The highest BCUT2D eigenvalue weighted by atomic mass is 32.1. The number of ether oxygens (including phenoxy) is 1. The molecule has 4 rings (SSSR count). The van der Waals surface area contributed by atoms with E-state index in [9.17, 15) is 4.79 Å². The van der Waals surface area contributed by atoms with Crippen molar-refractivity contribution in [3.05, 3.63) is 65.3 Å². The summed E-state index contributed by atoms with van der Waals surface area (Å²) in [7, 11) is 1.75. The summed E-state index contributed by atoms with van der Waals surface area (Å²) in [6.07, 6.45) is 1.99. The Bertz CT molecular complexity index is 1120. The lowest BCUT2D eigenvalue weighted by Gasteiger charge is -2.29. The van der Waals surface area contributed by atoms with E-state index in [0.717, 1.165) is 43.2 Å². The molecular weight excluding hydrogens is 448 g/mol. The van der Waals surface area contributed by atoms with Gasteiger partial charge in [0.15, 0.2) is 5.13 Å². The van der Waals surface area contributed by atoms with E-state index in [2.05, 4.69) is 27.3 Å². The fourth-order valence-corrected chi connectivity index (χ4v) is 4.58. The van der Waals surface area contributed by atoms with Crippen molar-refractivity contribution < 1.29 is 9.53 Å². The second-order valence-electron chi connectivity index (χ2n) is 8.21. The van der Waals surface area contributed by atoms with E-state index < -0.39 is 0 Å². The molecule has 1 fully saturated rings. The zero-order valence-electron chi connectivity index (χ0n) is 19.2. The number of anilines is 2. The summed E-state index contributed by atoms with van der Waals surface area (Å²) in [5.41, 5.74) is 1.45. The summed E-state index contributed by atoms with van der Waals surface area (Å²) in [6, 6.07) is 17.7. The number of benzene rings is 1. The van der Waals surface area contributed by atoms with E-state index in [1.165, 1.54) is 11.3 Å². The molecule has 1 saturated heterocycles. The SMILES string of the molecule is CN(CCOc1ccccc1)C(=O)c1csc(Nc2cccc(C3CCN(CC#N)CC3)n2)n1. The Labute approximate surface area is 203 Å². The number of para-hydroxylation sites is 1. The molecule has 34 heavy (non-hydrogen) atoms. The molecule has 3 heterocycles. The maximum atomic E-state index is 12.7. The number of aromatic nitrogens is 2. The van der Waals surface area contributed by atoms with E-state index in [-0.39, 0.29) is 5.91 Å². The standard InChI is InChI=1S/C25H28N6O2S/c1-30(16-17-33-20-6-3-2-4-7-20)24(32)22-18-34-25(28-22)29-23-9-5-8-21(27-23)19-10-13-31(14-11-19)15-12-26/h2-9,18-19H,10-11,13-17H2,1H3,(H,27,28,29). The van der Waals surface area contributed by atoms with Crippen LogP contribution in [-0.4, -0.2) is 65.5 Å². The predicted octanol–water partition coefficient (Wildman–Crippen LogP) is 4.14. The lowest BCUT2D eigenvalue weighted by molar-refractivity contribution is 0.0769. The minimum absolute atomic E-state index is 0.146. The number of thiazole rings is 1. The second kappa shape index (κ2) is 11.6. The summed E-state index contributed by atoms with van der Waals surface area (Å²) >= 11 is 1.38. The van der Waals surface area contributed by atoms with Crippen molar-refractivity contribution >= 4 is 28.2 Å². The Kier molecular flexibility index (Phi) is 8.07. The monoisotopic (exact) mass is 476 g/mol. The van der Waals surface area contributed by atoms with E-state index in [0.29, 0.717) is 36.4 Å². The molecule has 176 valence electrons. The van der Waals surface area contributed by atoms with Crippen molar-refractivity contribution in [3.63, 3.8) is 0 Å². The summed E-state index contributed by atoms with van der Waals surface area (Å²) in [5, 5.41) is 14.5. The van der Waals surface area contributed by atoms with Gasteiger partial charge in [0.2, 0.25) is 0 Å². The highest BCUT2D eigenvalue weighted by molar-refractivity contribution is 7.14. The molecule has 1 aliphatic heterocycles. The molecule has 0 radical (unpaired) electrons. The molecule has 0 bridgehead atoms. The van der Waals surface area contributed by atoms with Gasteiger partial charge in [0, 0.05) is 24.0 Å². The predicted molar refractivity (Wildman–Crippen MR) is 133 cm³/mol. The molecule has 0 aliphatic carbocycles. The van der Waals surface area contributed by atoms with Crippen LogP contribution in [0.15, 0.2) is 53.9 Å². The fourth-order valence-electron chi connectivity index (χ4n) is 3.89. The number of piperidine rings is 1. The lowest BCUT2D eigenvalue weighted by atomic mass is 9.93. The van der Waals surface area contributed by atoms with Gasteiger partial charge in [0.05, 0.1) is 19.2 Å². The van der Waals surface area contributed by atoms with Gasteiger partial charge in [-0.2, -0.15) is 5.26 Å². The number of carbonyl (C=O) groups is 1. The zero-order chi connectivity index (χ0) is 23.8. The topological polar surface area (TPSA) is 94.4 Å². The largest absolute Gasteiger partial charge is 0.492 e. The van der Waals surface area contributed by atoms with Gasteiger partial charge in [-0.15, -0.1) is 11.3 Å². The second-order valence-corrected chi connectivity index (χ2v) is 9.07. The van der Waals surface area contributed by atoms with Crippen LogP contribution < -0.4 is 10.1 Å². The maximum absolute atomic E-state index is 12.7. The molecule has 1 aliphatic rings. The summed E-state index contributed by atoms with van der Waals surface area (Å²) < 4.78 is 5.68. The van der Waals surface area contributed by atoms with Crippen LogP contribution in [0.25, 0.3) is 0 Å². The van der Waals surface area contributed by atoms with Gasteiger partial charge in [-0.05, 0) is 50.2 Å². The first-order valence-electron chi connectivity index (χ1n) is 11.3. The molecule has 0 spiro atoms. The molecule has 0 atom stereocenters. The molecule has 1 N–H and O–H groups in total. The Balaban J connectivity index is 1.30. The third-order valence-corrected chi connectivity index (χ3v) is 6.57. The molecule has 8 nitrogen and oxygen atoms in total. The number of amides is 1. The van der Waals surface area contributed by atoms with E-state index in [1.54, 1.807) is 17.3 Å². The van der Waals surface area contributed by atoms with Crippen LogP contribution >= 0.6 is 11.3 Å². The number of carbonyl (C=O) groups excluding carboxylic acids is 1. The van der Waals surface area contributed by atoms with Gasteiger partial charge in [-0.3, -0.25) is 9.69 Å². The molecule has 1 aromatic carbocycles. The first-order valence-corrected chi connectivity index (χ1v) is 12.2. The average molecular weight is 477 g/mol. The van der Waals surface area contributed by atoms with Crippen molar-refractivity contribution in [2.45, 2.75) is 18.8 Å².